The summed E-state index contributed by atoms with van der Waals surface area (Å²) in [7, 11) is 0. The first-order valence-corrected chi connectivity index (χ1v) is 7.58. The average molecular weight is 343 g/mol. The molecule has 0 saturated heterocycles. The molecular weight excluding hydrogens is 327 g/mol. The van der Waals surface area contributed by atoms with Crippen LogP contribution in [0.25, 0.3) is 0 Å². The molecule has 0 saturated carbocycles. The van der Waals surface area contributed by atoms with Crippen LogP contribution < -0.4 is 11.3 Å². The lowest BCUT2D eigenvalue weighted by molar-refractivity contribution is 0.556. The highest BCUT2D eigenvalue weighted by Crippen LogP contribution is 2.29. The minimum atomic E-state index is -0.237. The summed E-state index contributed by atoms with van der Waals surface area (Å²) < 4.78 is 14.1. The van der Waals surface area contributed by atoms with E-state index >= 15 is 0 Å². The molecule has 0 bridgehead atoms. The van der Waals surface area contributed by atoms with E-state index < -0.39 is 0 Å². The Bertz CT molecular complexity index is 543. The van der Waals surface area contributed by atoms with Gasteiger partial charge in [-0.15, -0.1) is 11.3 Å². The van der Waals surface area contributed by atoms with Crippen molar-refractivity contribution in [2.24, 2.45) is 5.84 Å². The van der Waals surface area contributed by atoms with Gasteiger partial charge in [0, 0.05) is 14.2 Å². The summed E-state index contributed by atoms with van der Waals surface area (Å²) in [6, 6.07) is 7.06. The van der Waals surface area contributed by atoms with E-state index in [1.54, 1.807) is 17.4 Å². The van der Waals surface area contributed by atoms with Crippen LogP contribution in [0.15, 0.2) is 28.7 Å². The normalized spacial score (nSPS) is 12.7. The number of nitrogens with two attached hydrogens (primary N) is 1. The summed E-state index contributed by atoms with van der Waals surface area (Å²) in [4.78, 5) is 2.47. The number of hydrogen-bond acceptors (Lipinski definition) is 3. The van der Waals surface area contributed by atoms with Crippen LogP contribution in [-0.4, -0.2) is 0 Å². The lowest BCUT2D eigenvalue weighted by Gasteiger charge is -2.14. The largest absolute Gasteiger partial charge is 0.271 e. The summed E-state index contributed by atoms with van der Waals surface area (Å²) in [5.74, 6) is 5.40. The maximum absolute atomic E-state index is 13.4. The van der Waals surface area contributed by atoms with E-state index in [2.05, 4.69) is 41.3 Å². The molecule has 2 nitrogen and oxygen atoms in total. The van der Waals surface area contributed by atoms with Crippen molar-refractivity contribution in [3.8, 4) is 0 Å². The molecule has 0 spiro atoms. The van der Waals surface area contributed by atoms with Gasteiger partial charge < -0.3 is 0 Å². The van der Waals surface area contributed by atoms with Crippen molar-refractivity contribution < 1.29 is 4.39 Å². The monoisotopic (exact) mass is 342 g/mol. The van der Waals surface area contributed by atoms with Crippen LogP contribution in [0.4, 0.5) is 4.39 Å². The molecular formula is C14H16BrFN2S. The first-order valence-electron chi connectivity index (χ1n) is 5.97. The molecule has 102 valence electrons. The van der Waals surface area contributed by atoms with E-state index in [4.69, 9.17) is 5.84 Å². The minimum absolute atomic E-state index is 0.00565. The van der Waals surface area contributed by atoms with Crippen molar-refractivity contribution in [2.75, 3.05) is 0 Å². The molecule has 0 aliphatic rings. The van der Waals surface area contributed by atoms with Crippen LogP contribution in [0, 0.1) is 19.7 Å². The van der Waals surface area contributed by atoms with Crippen LogP contribution >= 0.6 is 27.3 Å². The zero-order valence-electron chi connectivity index (χ0n) is 10.8. The van der Waals surface area contributed by atoms with Gasteiger partial charge in [0.1, 0.15) is 5.82 Å². The Hall–Kier alpha value is -0.750. The SMILES string of the molecule is Cc1cc(C(Cc2cc(F)cc(Br)c2)NN)sc1C. The highest BCUT2D eigenvalue weighted by Gasteiger charge is 2.15. The lowest BCUT2D eigenvalue weighted by atomic mass is 10.0. The molecule has 1 unspecified atom stereocenters. The number of hydrogen-bond donors (Lipinski definition) is 2. The molecule has 1 aromatic heterocycles. The second kappa shape index (κ2) is 6.13. The molecule has 2 rings (SSSR count). The molecule has 0 radical (unpaired) electrons. The first kappa shape index (κ1) is 14.7. The van der Waals surface area contributed by atoms with Gasteiger partial charge in [-0.2, -0.15) is 0 Å². The van der Waals surface area contributed by atoms with Gasteiger partial charge in [0.15, 0.2) is 0 Å². The summed E-state index contributed by atoms with van der Waals surface area (Å²) in [6.45, 7) is 4.18. The summed E-state index contributed by atoms with van der Waals surface area (Å²) >= 11 is 5.03. The third-order valence-corrected chi connectivity index (χ3v) is 4.82. The molecule has 0 amide bonds. The van der Waals surface area contributed by atoms with Crippen molar-refractivity contribution in [3.63, 3.8) is 0 Å². The van der Waals surface area contributed by atoms with Gasteiger partial charge in [0.05, 0.1) is 6.04 Å². The maximum Gasteiger partial charge on any atom is 0.124 e. The second-order valence-electron chi connectivity index (χ2n) is 4.59. The molecule has 19 heavy (non-hydrogen) atoms. The van der Waals surface area contributed by atoms with Crippen LogP contribution in [0.5, 0.6) is 0 Å². The topological polar surface area (TPSA) is 38.0 Å². The zero-order chi connectivity index (χ0) is 14.0. The highest BCUT2D eigenvalue weighted by molar-refractivity contribution is 9.10. The van der Waals surface area contributed by atoms with E-state index in [-0.39, 0.29) is 11.9 Å². The fraction of sp³-hybridized carbons (Fsp3) is 0.286. The molecule has 1 atom stereocenters. The van der Waals surface area contributed by atoms with Crippen molar-refractivity contribution in [1.29, 1.82) is 0 Å². The Balaban J connectivity index is 2.23. The standard InChI is InChI=1S/C14H16BrFN2S/c1-8-3-14(19-9(8)2)13(18-17)6-10-4-11(15)7-12(16)5-10/h3-5,7,13,18H,6,17H2,1-2H3. The van der Waals surface area contributed by atoms with Crippen LogP contribution in [0.1, 0.15) is 26.9 Å². The second-order valence-corrected chi connectivity index (χ2v) is 6.79. The van der Waals surface area contributed by atoms with Gasteiger partial charge in [-0.05, 0) is 55.7 Å². The average Bonchev–Trinajstić information content (AvgIpc) is 2.65. The van der Waals surface area contributed by atoms with Gasteiger partial charge in [-0.3, -0.25) is 11.3 Å². The van der Waals surface area contributed by atoms with Crippen molar-refractivity contribution in [2.45, 2.75) is 26.3 Å². The maximum atomic E-state index is 13.4. The Labute approximate surface area is 124 Å². The predicted octanol–water partition coefficient (Wildman–Crippen LogP) is 4.01. The van der Waals surface area contributed by atoms with Crippen LogP contribution in [0.3, 0.4) is 0 Å². The number of aryl methyl sites for hydroxylation is 2. The smallest absolute Gasteiger partial charge is 0.124 e. The van der Waals surface area contributed by atoms with Gasteiger partial charge in [0.2, 0.25) is 0 Å². The molecule has 1 aromatic carbocycles. The zero-order valence-corrected chi connectivity index (χ0v) is 13.2. The van der Waals surface area contributed by atoms with E-state index in [1.165, 1.54) is 21.4 Å². The van der Waals surface area contributed by atoms with E-state index in [0.29, 0.717) is 6.42 Å². The fourth-order valence-corrected chi connectivity index (χ4v) is 3.60. The third kappa shape index (κ3) is 3.63. The first-order chi connectivity index (χ1) is 8.99. The van der Waals surface area contributed by atoms with Crippen molar-refractivity contribution >= 4 is 27.3 Å². The summed E-state index contributed by atoms with van der Waals surface area (Å²) in [5, 5.41) is 0. The van der Waals surface area contributed by atoms with Gasteiger partial charge in [-0.25, -0.2) is 4.39 Å². The van der Waals surface area contributed by atoms with Crippen LogP contribution in [0.2, 0.25) is 0 Å². The lowest BCUT2D eigenvalue weighted by Crippen LogP contribution is -2.29. The fourth-order valence-electron chi connectivity index (χ4n) is 1.98. The predicted molar refractivity (Wildman–Crippen MR) is 81.7 cm³/mol. The highest BCUT2D eigenvalue weighted by atomic mass is 79.9. The number of nitrogens with one attached hydrogen (secondary N) is 1. The third-order valence-electron chi connectivity index (χ3n) is 3.09. The number of thiophene rings is 1. The van der Waals surface area contributed by atoms with Gasteiger partial charge >= 0.3 is 0 Å². The van der Waals surface area contributed by atoms with Crippen molar-refractivity contribution in [3.05, 3.63) is 55.4 Å². The molecule has 1 heterocycles. The number of hydrazine groups is 1. The Morgan fingerprint density at radius 2 is 2.05 bits per heavy atom. The Morgan fingerprint density at radius 1 is 1.32 bits per heavy atom. The van der Waals surface area contributed by atoms with Gasteiger partial charge in [0.25, 0.3) is 0 Å². The molecule has 5 heteroatoms. The summed E-state index contributed by atoms with van der Waals surface area (Å²) in [6.07, 6.45) is 0.659. The number of rotatable bonds is 4. The molecule has 3 N–H and O–H groups in total. The van der Waals surface area contributed by atoms with E-state index in [0.717, 1.165) is 10.0 Å². The molecule has 2 aromatic rings. The Kier molecular flexibility index (Phi) is 4.73. The van der Waals surface area contributed by atoms with Crippen molar-refractivity contribution in [1.82, 2.24) is 5.43 Å². The molecule has 0 fully saturated rings. The van der Waals surface area contributed by atoms with E-state index in [1.807, 2.05) is 6.07 Å². The number of halogens is 2. The summed E-state index contributed by atoms with van der Waals surface area (Å²) in [5.41, 5.74) is 5.00. The Morgan fingerprint density at radius 3 is 2.58 bits per heavy atom. The molecule has 0 aliphatic carbocycles. The van der Waals surface area contributed by atoms with Gasteiger partial charge in [-0.1, -0.05) is 15.9 Å². The van der Waals surface area contributed by atoms with Crippen LogP contribution in [-0.2, 0) is 6.42 Å². The molecule has 0 aliphatic heterocycles. The minimum Gasteiger partial charge on any atom is -0.271 e. The van der Waals surface area contributed by atoms with E-state index in [9.17, 15) is 4.39 Å². The number of benzene rings is 1. The quantitative estimate of drug-likeness (QED) is 0.650.